The maximum atomic E-state index is 14.0. The Balaban J connectivity index is 1.64. The van der Waals surface area contributed by atoms with Crippen molar-refractivity contribution in [3.63, 3.8) is 0 Å². The second-order valence-corrected chi connectivity index (χ2v) is 9.21. The van der Waals surface area contributed by atoms with E-state index in [0.717, 1.165) is 11.6 Å². The molecule has 3 aromatic carbocycles. The molecule has 0 radical (unpaired) electrons. The van der Waals surface area contributed by atoms with Crippen molar-refractivity contribution in [2.75, 3.05) is 32.0 Å². The van der Waals surface area contributed by atoms with E-state index in [2.05, 4.69) is 10.6 Å². The quantitative estimate of drug-likeness (QED) is 0.387. The Kier molecular flexibility index (Phi) is 6.69. The van der Waals surface area contributed by atoms with Crippen LogP contribution in [0, 0.1) is 0 Å². The molecule has 0 saturated heterocycles. The molecule has 5 rings (SSSR count). The number of allylic oxidation sites excluding steroid dienone is 1. The first-order chi connectivity index (χ1) is 18.2. The summed E-state index contributed by atoms with van der Waals surface area (Å²) >= 11 is 0. The molecule has 2 atom stereocenters. The maximum Gasteiger partial charge on any atom is 0.416 e. The average molecular weight is 525 g/mol. The smallest absolute Gasteiger partial charge is 0.416 e. The largest absolute Gasteiger partial charge is 0.493 e. The second kappa shape index (κ2) is 9.96. The molecule has 6 nitrogen and oxygen atoms in total. The fourth-order valence-corrected chi connectivity index (χ4v) is 5.31. The minimum Gasteiger partial charge on any atom is -0.493 e. The first kappa shape index (κ1) is 25.5. The van der Waals surface area contributed by atoms with Crippen molar-refractivity contribution in [3.8, 4) is 17.2 Å². The van der Waals surface area contributed by atoms with Crippen molar-refractivity contribution < 1.29 is 32.2 Å². The van der Waals surface area contributed by atoms with Crippen LogP contribution in [0.3, 0.4) is 0 Å². The van der Waals surface area contributed by atoms with Crippen molar-refractivity contribution >= 4 is 17.2 Å². The average Bonchev–Trinajstić information content (AvgIpc) is 3.08. The van der Waals surface area contributed by atoms with Gasteiger partial charge in [0.25, 0.3) is 0 Å². The van der Waals surface area contributed by atoms with Gasteiger partial charge in [0.15, 0.2) is 17.3 Å². The van der Waals surface area contributed by atoms with Crippen LogP contribution in [0.15, 0.2) is 71.9 Å². The highest BCUT2D eigenvalue weighted by atomic mass is 19.4. The first-order valence-electron chi connectivity index (χ1n) is 12.1. The van der Waals surface area contributed by atoms with E-state index in [1.54, 1.807) is 18.2 Å². The van der Waals surface area contributed by atoms with E-state index in [0.29, 0.717) is 46.3 Å². The Morgan fingerprint density at radius 1 is 0.842 bits per heavy atom. The van der Waals surface area contributed by atoms with Gasteiger partial charge in [-0.1, -0.05) is 30.3 Å². The number of anilines is 2. The summed E-state index contributed by atoms with van der Waals surface area (Å²) in [5.74, 6) is 0.875. The van der Waals surface area contributed by atoms with Crippen molar-refractivity contribution in [2.45, 2.75) is 31.0 Å². The number of Topliss-reactive ketones (excluding diaryl/α,β-unsaturated/α-hetero) is 1. The van der Waals surface area contributed by atoms with Gasteiger partial charge in [0.05, 0.1) is 44.3 Å². The topological polar surface area (TPSA) is 68.8 Å². The number of ether oxygens (including phenoxy) is 3. The number of alkyl halides is 3. The summed E-state index contributed by atoms with van der Waals surface area (Å²) in [5.41, 5.74) is 2.22. The summed E-state index contributed by atoms with van der Waals surface area (Å²) in [6, 6.07) is 15.3. The third-order valence-corrected chi connectivity index (χ3v) is 7.04. The molecule has 1 aliphatic carbocycles. The fourth-order valence-electron chi connectivity index (χ4n) is 5.31. The third-order valence-electron chi connectivity index (χ3n) is 7.04. The van der Waals surface area contributed by atoms with Crippen LogP contribution in [0.5, 0.6) is 17.2 Å². The molecular weight excluding hydrogens is 497 g/mol. The summed E-state index contributed by atoms with van der Waals surface area (Å²) in [6.45, 7) is 0. The number of hydrogen-bond donors (Lipinski definition) is 2. The first-order valence-corrected chi connectivity index (χ1v) is 12.1. The number of nitrogens with one attached hydrogen (secondary N) is 2. The Labute approximate surface area is 218 Å². The van der Waals surface area contributed by atoms with E-state index in [9.17, 15) is 18.0 Å². The Bertz CT molecular complexity index is 1390. The summed E-state index contributed by atoms with van der Waals surface area (Å²) in [6.07, 6.45) is -4.06. The van der Waals surface area contributed by atoms with Gasteiger partial charge >= 0.3 is 6.18 Å². The highest BCUT2D eigenvalue weighted by Crippen LogP contribution is 2.48. The minimum absolute atomic E-state index is 0.00518. The van der Waals surface area contributed by atoms with Gasteiger partial charge in [0.1, 0.15) is 0 Å². The van der Waals surface area contributed by atoms with Crippen LogP contribution < -0.4 is 24.8 Å². The van der Waals surface area contributed by atoms with Gasteiger partial charge < -0.3 is 24.8 Å². The normalized spacial score (nSPS) is 18.9. The monoisotopic (exact) mass is 524 g/mol. The van der Waals surface area contributed by atoms with E-state index >= 15 is 0 Å². The molecule has 9 heteroatoms. The van der Waals surface area contributed by atoms with Crippen LogP contribution >= 0.6 is 0 Å². The van der Waals surface area contributed by atoms with Crippen LogP contribution in [0.1, 0.15) is 41.5 Å². The lowest BCUT2D eigenvalue weighted by Crippen LogP contribution is -2.28. The van der Waals surface area contributed by atoms with E-state index < -0.39 is 17.8 Å². The SMILES string of the molecule is COc1cc(C2CC(=O)C3=C(C2)Nc2ccccc2NC3c2ccccc2C(F)(F)F)cc(OC)c1OC. The zero-order chi connectivity index (χ0) is 27.0. The Morgan fingerprint density at radius 2 is 1.47 bits per heavy atom. The molecule has 0 spiro atoms. The van der Waals surface area contributed by atoms with E-state index in [4.69, 9.17) is 14.2 Å². The minimum atomic E-state index is -4.57. The van der Waals surface area contributed by atoms with Crippen LogP contribution in [0.4, 0.5) is 24.5 Å². The van der Waals surface area contributed by atoms with Gasteiger partial charge in [-0.05, 0) is 53.8 Å². The Morgan fingerprint density at radius 3 is 2.11 bits per heavy atom. The van der Waals surface area contributed by atoms with Crippen LogP contribution in [-0.2, 0) is 11.0 Å². The number of rotatable bonds is 5. The van der Waals surface area contributed by atoms with Crippen LogP contribution in [-0.4, -0.2) is 27.1 Å². The standard InChI is InChI=1S/C29H27F3N2O4/c1-36-24-14-17(15-25(37-2)28(24)38-3)16-12-22-26(23(35)13-16)27(34-21-11-7-6-10-20(21)33-22)18-8-4-5-9-19(18)29(30,31)32/h4-11,14-16,27,33-34H,12-13H2,1-3H3. The zero-order valence-corrected chi connectivity index (χ0v) is 21.1. The lowest BCUT2D eigenvalue weighted by molar-refractivity contribution is -0.138. The molecule has 0 bridgehead atoms. The zero-order valence-electron chi connectivity index (χ0n) is 21.1. The summed E-state index contributed by atoms with van der Waals surface area (Å²) < 4.78 is 58.5. The van der Waals surface area contributed by atoms with Crippen molar-refractivity contribution in [3.05, 3.63) is 88.6 Å². The predicted octanol–water partition coefficient (Wildman–Crippen LogP) is 6.71. The third kappa shape index (κ3) is 4.53. The summed E-state index contributed by atoms with van der Waals surface area (Å²) in [4.78, 5) is 13.8. The number of methoxy groups -OCH3 is 3. The second-order valence-electron chi connectivity index (χ2n) is 9.21. The lowest BCUT2D eigenvalue weighted by atomic mass is 9.78. The van der Waals surface area contributed by atoms with E-state index in [1.165, 1.54) is 33.5 Å². The van der Waals surface area contributed by atoms with Crippen molar-refractivity contribution in [2.24, 2.45) is 0 Å². The molecule has 1 heterocycles. The van der Waals surface area contributed by atoms with Crippen molar-refractivity contribution in [1.82, 2.24) is 0 Å². The number of ketones is 1. The number of para-hydroxylation sites is 2. The molecule has 2 N–H and O–H groups in total. The van der Waals surface area contributed by atoms with Gasteiger partial charge in [-0.25, -0.2) is 0 Å². The predicted molar refractivity (Wildman–Crippen MR) is 138 cm³/mol. The molecule has 0 aromatic heterocycles. The van der Waals surface area contributed by atoms with E-state index in [1.807, 2.05) is 24.3 Å². The number of carbonyl (C=O) groups is 1. The molecule has 0 fully saturated rings. The summed E-state index contributed by atoms with van der Waals surface area (Å²) in [7, 11) is 4.55. The lowest BCUT2D eigenvalue weighted by Gasteiger charge is -2.31. The fraction of sp³-hybridized carbons (Fsp3) is 0.276. The highest BCUT2D eigenvalue weighted by molar-refractivity contribution is 6.01. The van der Waals surface area contributed by atoms with Gasteiger partial charge in [-0.3, -0.25) is 4.79 Å². The highest BCUT2D eigenvalue weighted by Gasteiger charge is 2.41. The summed E-state index contributed by atoms with van der Waals surface area (Å²) in [5, 5.41) is 6.58. The number of hydrogen-bond acceptors (Lipinski definition) is 6. The number of fused-ring (bicyclic) bond motifs is 1. The number of carbonyl (C=O) groups excluding carboxylic acids is 1. The van der Waals surface area contributed by atoms with Crippen LogP contribution in [0.2, 0.25) is 0 Å². The molecule has 0 amide bonds. The molecule has 38 heavy (non-hydrogen) atoms. The van der Waals surface area contributed by atoms with Gasteiger partial charge in [-0.2, -0.15) is 13.2 Å². The molecule has 1 aliphatic heterocycles. The number of benzene rings is 3. The Hall–Kier alpha value is -4.14. The molecular formula is C29H27F3N2O4. The maximum absolute atomic E-state index is 14.0. The van der Waals surface area contributed by atoms with Crippen molar-refractivity contribution in [1.29, 1.82) is 0 Å². The van der Waals surface area contributed by atoms with Gasteiger partial charge in [-0.15, -0.1) is 0 Å². The molecule has 0 saturated carbocycles. The van der Waals surface area contributed by atoms with Crippen LogP contribution in [0.25, 0.3) is 0 Å². The molecule has 198 valence electrons. The van der Waals surface area contributed by atoms with Gasteiger partial charge in [0, 0.05) is 17.7 Å². The molecule has 2 aliphatic rings. The van der Waals surface area contributed by atoms with Gasteiger partial charge in [0.2, 0.25) is 5.75 Å². The molecule has 3 aromatic rings. The number of halogens is 3. The molecule has 2 unspecified atom stereocenters. The van der Waals surface area contributed by atoms with E-state index in [-0.39, 0.29) is 23.7 Å².